The summed E-state index contributed by atoms with van der Waals surface area (Å²) in [4.78, 5) is 17.9. The number of fused-ring (bicyclic) bond motifs is 2. The van der Waals surface area contributed by atoms with Gasteiger partial charge >= 0.3 is 0 Å². The van der Waals surface area contributed by atoms with E-state index < -0.39 is 15.4 Å². The number of aliphatic hydroxyl groups excluding tert-OH is 1. The van der Waals surface area contributed by atoms with Crippen molar-refractivity contribution < 1.29 is 18.3 Å². The summed E-state index contributed by atoms with van der Waals surface area (Å²) in [6, 6.07) is 8.04. The van der Waals surface area contributed by atoms with Gasteiger partial charge < -0.3 is 15.0 Å². The van der Waals surface area contributed by atoms with E-state index in [1.165, 1.54) is 10.6 Å². The molecule has 2 aliphatic rings. The summed E-state index contributed by atoms with van der Waals surface area (Å²) >= 11 is 0. The van der Waals surface area contributed by atoms with E-state index in [0.29, 0.717) is 39.0 Å². The smallest absolute Gasteiger partial charge is 0.222 e. The highest BCUT2D eigenvalue weighted by molar-refractivity contribution is 7.88. The van der Waals surface area contributed by atoms with Gasteiger partial charge in [0.2, 0.25) is 15.9 Å². The van der Waals surface area contributed by atoms with E-state index in [-0.39, 0.29) is 18.4 Å². The number of benzene rings is 1. The lowest BCUT2D eigenvalue weighted by molar-refractivity contribution is -0.136. The Morgan fingerprint density at radius 1 is 1.32 bits per heavy atom. The second-order valence-corrected chi connectivity index (χ2v) is 10.2. The van der Waals surface area contributed by atoms with Crippen LogP contribution in [0.25, 0.3) is 10.9 Å². The lowest BCUT2D eigenvalue weighted by Crippen LogP contribution is -2.52. The van der Waals surface area contributed by atoms with Crippen molar-refractivity contribution in [2.24, 2.45) is 11.3 Å². The Hall–Kier alpha value is -1.90. The molecule has 152 valence electrons. The fourth-order valence-corrected chi connectivity index (χ4v) is 5.71. The number of carbonyl (C=O) groups is 1. The number of aromatic amines is 1. The third-order valence-electron chi connectivity index (χ3n) is 6.45. The molecule has 28 heavy (non-hydrogen) atoms. The predicted octanol–water partition coefficient (Wildman–Crippen LogP) is 1.20. The largest absolute Gasteiger partial charge is 0.396 e. The van der Waals surface area contributed by atoms with Gasteiger partial charge in [-0.15, -0.1) is 0 Å². The van der Waals surface area contributed by atoms with Crippen LogP contribution in [0, 0.1) is 11.3 Å². The monoisotopic (exact) mass is 405 g/mol. The highest BCUT2D eigenvalue weighted by atomic mass is 32.2. The molecule has 0 radical (unpaired) electrons. The summed E-state index contributed by atoms with van der Waals surface area (Å²) < 4.78 is 25.4. The Balaban J connectivity index is 1.43. The lowest BCUT2D eigenvalue weighted by Gasteiger charge is -2.43. The minimum atomic E-state index is -3.29. The van der Waals surface area contributed by atoms with Crippen molar-refractivity contribution in [1.29, 1.82) is 0 Å². The number of piperidine rings is 1. The Bertz CT molecular complexity index is 986. The summed E-state index contributed by atoms with van der Waals surface area (Å²) in [7, 11) is -3.29. The maximum absolute atomic E-state index is 12.9. The summed E-state index contributed by atoms with van der Waals surface area (Å²) in [5, 5.41) is 11.2. The summed E-state index contributed by atoms with van der Waals surface area (Å²) in [6.45, 7) is 1.68. The third-order valence-corrected chi connectivity index (χ3v) is 7.67. The van der Waals surface area contributed by atoms with Crippen LogP contribution in [0.4, 0.5) is 0 Å². The summed E-state index contributed by atoms with van der Waals surface area (Å²) in [5.74, 6) is 0.166. The van der Waals surface area contributed by atoms with Crippen LogP contribution in [0.15, 0.2) is 30.5 Å². The molecule has 0 unspecified atom stereocenters. The van der Waals surface area contributed by atoms with Crippen LogP contribution in [0.5, 0.6) is 0 Å². The van der Waals surface area contributed by atoms with E-state index in [1.54, 1.807) is 0 Å². The first kappa shape index (κ1) is 19.4. The van der Waals surface area contributed by atoms with Crippen molar-refractivity contribution in [3.63, 3.8) is 0 Å². The Labute approximate surface area is 165 Å². The van der Waals surface area contributed by atoms with Crippen molar-refractivity contribution in [1.82, 2.24) is 14.2 Å². The zero-order valence-electron chi connectivity index (χ0n) is 16.1. The zero-order chi connectivity index (χ0) is 19.9. The van der Waals surface area contributed by atoms with Gasteiger partial charge in [0.15, 0.2) is 0 Å². The molecule has 2 aliphatic heterocycles. The number of aliphatic hydroxyl groups is 1. The van der Waals surface area contributed by atoms with Crippen molar-refractivity contribution in [3.05, 3.63) is 36.0 Å². The molecule has 0 bridgehead atoms. The quantitative estimate of drug-likeness (QED) is 0.782. The molecule has 7 nitrogen and oxygen atoms in total. The molecule has 1 aromatic heterocycles. The molecule has 2 atom stereocenters. The summed E-state index contributed by atoms with van der Waals surface area (Å²) in [5.41, 5.74) is 1.65. The number of nitrogens with zero attached hydrogens (tertiary/aromatic N) is 2. The molecule has 2 N–H and O–H groups in total. The van der Waals surface area contributed by atoms with Crippen LogP contribution in [0.3, 0.4) is 0 Å². The van der Waals surface area contributed by atoms with Gasteiger partial charge in [-0.05, 0) is 30.4 Å². The maximum Gasteiger partial charge on any atom is 0.222 e. The minimum absolute atomic E-state index is 0.0642. The molecular formula is C20H27N3O4S. The van der Waals surface area contributed by atoms with E-state index in [0.717, 1.165) is 22.9 Å². The fourth-order valence-electron chi connectivity index (χ4n) is 4.76. The van der Waals surface area contributed by atoms with E-state index in [2.05, 4.69) is 11.1 Å². The first-order valence-electron chi connectivity index (χ1n) is 9.71. The predicted molar refractivity (Wildman–Crippen MR) is 107 cm³/mol. The average Bonchev–Trinajstić information content (AvgIpc) is 3.27. The van der Waals surface area contributed by atoms with Gasteiger partial charge in [0, 0.05) is 55.1 Å². The van der Waals surface area contributed by atoms with E-state index in [4.69, 9.17) is 0 Å². The van der Waals surface area contributed by atoms with Crippen LogP contribution in [0.1, 0.15) is 18.4 Å². The van der Waals surface area contributed by atoms with Gasteiger partial charge in [0.25, 0.3) is 0 Å². The van der Waals surface area contributed by atoms with Gasteiger partial charge in [-0.1, -0.05) is 18.2 Å². The van der Waals surface area contributed by atoms with Crippen molar-refractivity contribution in [2.45, 2.75) is 19.3 Å². The number of rotatable bonds is 5. The number of likely N-dealkylation sites (tertiary alicyclic amines) is 1. The molecule has 0 spiro atoms. The van der Waals surface area contributed by atoms with Crippen molar-refractivity contribution >= 4 is 26.8 Å². The Kier molecular flexibility index (Phi) is 4.97. The number of H-pyrrole nitrogens is 1. The fraction of sp³-hybridized carbons (Fsp3) is 0.550. The van der Waals surface area contributed by atoms with Gasteiger partial charge in [-0.2, -0.15) is 0 Å². The average molecular weight is 406 g/mol. The number of aromatic nitrogens is 1. The topological polar surface area (TPSA) is 93.7 Å². The van der Waals surface area contributed by atoms with E-state index >= 15 is 0 Å². The van der Waals surface area contributed by atoms with Crippen molar-refractivity contribution in [3.8, 4) is 0 Å². The molecule has 2 fully saturated rings. The van der Waals surface area contributed by atoms with E-state index in [9.17, 15) is 18.3 Å². The minimum Gasteiger partial charge on any atom is -0.396 e. The number of sulfonamides is 1. The number of hydrogen-bond acceptors (Lipinski definition) is 4. The SMILES string of the molecule is CS(=O)(=O)N1C[C@H]2CCN(C(=O)CCc3c[nH]c4ccccc34)C[C@@]2(CO)C1. The Morgan fingerprint density at radius 2 is 2.11 bits per heavy atom. The molecule has 1 amide bonds. The third kappa shape index (κ3) is 3.44. The number of aryl methyl sites for hydroxylation is 1. The van der Waals surface area contributed by atoms with Crippen LogP contribution in [-0.2, 0) is 21.2 Å². The Morgan fingerprint density at radius 3 is 2.86 bits per heavy atom. The highest BCUT2D eigenvalue weighted by Crippen LogP contribution is 2.42. The number of para-hydroxylation sites is 1. The van der Waals surface area contributed by atoms with Gasteiger partial charge in [-0.3, -0.25) is 4.79 Å². The van der Waals surface area contributed by atoms with Gasteiger partial charge in [0.05, 0.1) is 12.9 Å². The molecule has 3 heterocycles. The molecular weight excluding hydrogens is 378 g/mol. The van der Waals surface area contributed by atoms with Crippen LogP contribution < -0.4 is 0 Å². The number of nitrogens with one attached hydrogen (secondary N) is 1. The molecule has 0 saturated carbocycles. The number of carbonyl (C=O) groups excluding carboxylic acids is 1. The van der Waals surface area contributed by atoms with Gasteiger partial charge in [0.1, 0.15) is 0 Å². The second kappa shape index (κ2) is 7.17. The molecule has 4 rings (SSSR count). The van der Waals surface area contributed by atoms with Crippen molar-refractivity contribution in [2.75, 3.05) is 39.0 Å². The van der Waals surface area contributed by atoms with Crippen LogP contribution in [0.2, 0.25) is 0 Å². The molecule has 2 saturated heterocycles. The van der Waals surface area contributed by atoms with Gasteiger partial charge in [-0.25, -0.2) is 12.7 Å². The first-order chi connectivity index (χ1) is 13.3. The highest BCUT2D eigenvalue weighted by Gasteiger charge is 2.52. The maximum atomic E-state index is 12.9. The van der Waals surface area contributed by atoms with Crippen LogP contribution in [-0.4, -0.2) is 72.7 Å². The summed E-state index contributed by atoms with van der Waals surface area (Å²) in [6.07, 6.45) is 4.96. The number of hydrogen-bond donors (Lipinski definition) is 2. The normalized spacial score (nSPS) is 25.9. The first-order valence-corrected chi connectivity index (χ1v) is 11.6. The van der Waals surface area contributed by atoms with E-state index in [1.807, 2.05) is 29.3 Å². The van der Waals surface area contributed by atoms with Crippen LogP contribution >= 0.6 is 0 Å². The number of amides is 1. The standard InChI is InChI=1S/C20H27N3O4S/c1-28(26,27)23-11-16-8-9-22(12-20(16,13-23)14-24)19(25)7-6-15-10-21-18-5-3-2-4-17(15)18/h2-5,10,16,21,24H,6-9,11-14H2,1H3/t16-,20+/m1/s1. The molecule has 2 aromatic rings. The lowest BCUT2D eigenvalue weighted by atomic mass is 9.74. The second-order valence-electron chi connectivity index (χ2n) is 8.24. The molecule has 8 heteroatoms. The molecule has 0 aliphatic carbocycles. The molecule has 1 aromatic carbocycles. The zero-order valence-corrected chi connectivity index (χ0v) is 16.9.